The highest BCUT2D eigenvalue weighted by atomic mass is 16.5. The van der Waals surface area contributed by atoms with Crippen LogP contribution in [0.5, 0.6) is 0 Å². The summed E-state index contributed by atoms with van der Waals surface area (Å²) in [7, 11) is 0. The SMILES string of the molecule is O=C(NC(C(=O)NC1CCNC(=O)C1=O)c1nnn[nH]1)OCc1ccccc1. The number of H-pyrrole nitrogens is 1. The van der Waals surface area contributed by atoms with Crippen molar-refractivity contribution in [1.82, 2.24) is 36.6 Å². The van der Waals surface area contributed by atoms with Crippen molar-refractivity contribution < 1.29 is 23.9 Å². The molecule has 0 spiro atoms. The van der Waals surface area contributed by atoms with Crippen molar-refractivity contribution in [2.75, 3.05) is 6.54 Å². The number of ketones is 1. The average molecular weight is 387 g/mol. The second-order valence-electron chi connectivity index (χ2n) is 5.90. The number of Topliss-reactive ketones (excluding diaryl/α,β-unsaturated/α-hetero) is 1. The van der Waals surface area contributed by atoms with E-state index in [1.807, 2.05) is 6.07 Å². The molecular formula is C16H17N7O5. The lowest BCUT2D eigenvalue weighted by molar-refractivity contribution is -0.141. The Morgan fingerprint density at radius 3 is 2.75 bits per heavy atom. The molecule has 1 aromatic heterocycles. The van der Waals surface area contributed by atoms with Crippen LogP contribution >= 0.6 is 0 Å². The molecule has 2 aromatic rings. The average Bonchev–Trinajstić information content (AvgIpc) is 3.23. The first-order valence-electron chi connectivity index (χ1n) is 8.38. The minimum absolute atomic E-state index is 0.00303. The smallest absolute Gasteiger partial charge is 0.408 e. The van der Waals surface area contributed by atoms with Gasteiger partial charge in [-0.15, -0.1) is 5.10 Å². The predicted octanol–water partition coefficient (Wildman–Crippen LogP) is -1.26. The number of piperidine rings is 1. The molecule has 0 aliphatic carbocycles. The Morgan fingerprint density at radius 1 is 1.25 bits per heavy atom. The molecule has 1 saturated heterocycles. The summed E-state index contributed by atoms with van der Waals surface area (Å²) in [5.74, 6) is -2.35. The van der Waals surface area contributed by atoms with E-state index in [9.17, 15) is 19.2 Å². The zero-order chi connectivity index (χ0) is 19.9. The summed E-state index contributed by atoms with van der Waals surface area (Å²) >= 11 is 0. The number of amides is 3. The topological polar surface area (TPSA) is 168 Å². The van der Waals surface area contributed by atoms with Gasteiger partial charge in [0.2, 0.25) is 5.78 Å². The number of nitrogens with one attached hydrogen (secondary N) is 4. The minimum Gasteiger partial charge on any atom is -0.445 e. The molecule has 1 aliphatic heterocycles. The quantitative estimate of drug-likeness (QED) is 0.445. The first-order chi connectivity index (χ1) is 13.5. The Hall–Kier alpha value is -3.83. The molecule has 2 unspecified atom stereocenters. The highest BCUT2D eigenvalue weighted by Gasteiger charge is 2.34. The molecule has 146 valence electrons. The molecule has 0 radical (unpaired) electrons. The van der Waals surface area contributed by atoms with E-state index in [4.69, 9.17) is 4.74 Å². The standard InChI is InChI=1S/C16H17N7O5/c24-12-10(6-7-17-15(12)26)18-14(25)11(13-20-22-23-21-13)19-16(27)28-8-9-4-2-1-3-5-9/h1-5,10-11H,6-8H2,(H,17,26)(H,18,25)(H,19,27)(H,20,21,22,23). The summed E-state index contributed by atoms with van der Waals surface area (Å²) < 4.78 is 5.09. The van der Waals surface area contributed by atoms with Crippen LogP contribution < -0.4 is 16.0 Å². The van der Waals surface area contributed by atoms with Gasteiger partial charge in [0.25, 0.3) is 11.8 Å². The van der Waals surface area contributed by atoms with E-state index in [0.717, 1.165) is 5.56 Å². The maximum atomic E-state index is 12.6. The summed E-state index contributed by atoms with van der Waals surface area (Å²) in [6, 6.07) is 6.63. The van der Waals surface area contributed by atoms with Crippen LogP contribution in [0.2, 0.25) is 0 Å². The predicted molar refractivity (Wildman–Crippen MR) is 91.2 cm³/mol. The molecule has 28 heavy (non-hydrogen) atoms. The lowest BCUT2D eigenvalue weighted by Gasteiger charge is -2.24. The van der Waals surface area contributed by atoms with E-state index in [1.165, 1.54) is 0 Å². The van der Waals surface area contributed by atoms with Gasteiger partial charge >= 0.3 is 6.09 Å². The third-order valence-electron chi connectivity index (χ3n) is 3.95. The van der Waals surface area contributed by atoms with Gasteiger partial charge in [0.15, 0.2) is 11.9 Å². The van der Waals surface area contributed by atoms with Gasteiger partial charge in [0.05, 0.1) is 6.04 Å². The number of nitrogens with zero attached hydrogens (tertiary/aromatic N) is 3. The van der Waals surface area contributed by atoms with Crippen molar-refractivity contribution in [2.45, 2.75) is 25.1 Å². The normalized spacial score (nSPS) is 17.4. The van der Waals surface area contributed by atoms with Gasteiger partial charge in [-0.05, 0) is 22.4 Å². The molecule has 2 heterocycles. The van der Waals surface area contributed by atoms with Gasteiger partial charge in [-0.1, -0.05) is 30.3 Å². The van der Waals surface area contributed by atoms with Gasteiger partial charge < -0.3 is 20.7 Å². The van der Waals surface area contributed by atoms with Crippen LogP contribution in [0.15, 0.2) is 30.3 Å². The van der Waals surface area contributed by atoms with Gasteiger partial charge in [0.1, 0.15) is 6.61 Å². The Balaban J connectivity index is 1.64. The van der Waals surface area contributed by atoms with Crippen LogP contribution in [0.4, 0.5) is 4.79 Å². The molecule has 1 aromatic carbocycles. The largest absolute Gasteiger partial charge is 0.445 e. The molecule has 4 N–H and O–H groups in total. The lowest BCUT2D eigenvalue weighted by atomic mass is 10.0. The van der Waals surface area contributed by atoms with E-state index in [-0.39, 0.29) is 25.4 Å². The Kier molecular flexibility index (Phi) is 5.89. The molecule has 3 rings (SSSR count). The number of hydrogen-bond acceptors (Lipinski definition) is 8. The number of carbonyl (C=O) groups is 4. The maximum absolute atomic E-state index is 12.6. The fraction of sp³-hybridized carbons (Fsp3) is 0.312. The number of rotatable bonds is 6. The second kappa shape index (κ2) is 8.70. The van der Waals surface area contributed by atoms with Crippen molar-refractivity contribution in [2.24, 2.45) is 0 Å². The van der Waals surface area contributed by atoms with Crippen LogP contribution in [0, 0.1) is 0 Å². The van der Waals surface area contributed by atoms with Gasteiger partial charge in [-0.25, -0.2) is 9.89 Å². The molecule has 12 heteroatoms. The number of hydrogen-bond donors (Lipinski definition) is 4. The Labute approximate surface area is 158 Å². The number of aromatic nitrogens is 4. The van der Waals surface area contributed by atoms with E-state index in [0.29, 0.717) is 0 Å². The van der Waals surface area contributed by atoms with Gasteiger partial charge in [-0.3, -0.25) is 14.4 Å². The van der Waals surface area contributed by atoms with Crippen LogP contribution in [0.25, 0.3) is 0 Å². The van der Waals surface area contributed by atoms with Gasteiger partial charge in [-0.2, -0.15) is 0 Å². The lowest BCUT2D eigenvalue weighted by Crippen LogP contribution is -2.55. The molecule has 2 atom stereocenters. The number of aromatic amines is 1. The van der Waals surface area contributed by atoms with E-state index < -0.39 is 35.8 Å². The summed E-state index contributed by atoms with van der Waals surface area (Å²) in [4.78, 5) is 48.0. The first-order valence-corrected chi connectivity index (χ1v) is 8.38. The van der Waals surface area contributed by atoms with Crippen LogP contribution in [-0.2, 0) is 25.7 Å². The number of alkyl carbamates (subject to hydrolysis) is 1. The zero-order valence-corrected chi connectivity index (χ0v) is 14.5. The van der Waals surface area contributed by atoms with E-state index in [1.54, 1.807) is 24.3 Å². The van der Waals surface area contributed by atoms with Crippen molar-refractivity contribution in [1.29, 1.82) is 0 Å². The van der Waals surface area contributed by atoms with Gasteiger partial charge in [0, 0.05) is 6.54 Å². The summed E-state index contributed by atoms with van der Waals surface area (Å²) in [6.07, 6.45) is -0.649. The zero-order valence-electron chi connectivity index (χ0n) is 14.5. The molecule has 1 fully saturated rings. The minimum atomic E-state index is -1.34. The highest BCUT2D eigenvalue weighted by molar-refractivity contribution is 6.39. The van der Waals surface area contributed by atoms with Crippen LogP contribution in [-0.4, -0.2) is 56.9 Å². The van der Waals surface area contributed by atoms with Crippen molar-refractivity contribution in [3.63, 3.8) is 0 Å². The third-order valence-corrected chi connectivity index (χ3v) is 3.95. The molecule has 0 bridgehead atoms. The summed E-state index contributed by atoms with van der Waals surface area (Å²) in [6.45, 7) is 0.244. The van der Waals surface area contributed by atoms with E-state index in [2.05, 4.69) is 36.6 Å². The Morgan fingerprint density at radius 2 is 2.04 bits per heavy atom. The first kappa shape index (κ1) is 18.9. The monoisotopic (exact) mass is 387 g/mol. The summed E-state index contributed by atoms with van der Waals surface area (Å²) in [5, 5.41) is 19.9. The molecule has 1 aliphatic rings. The second-order valence-corrected chi connectivity index (χ2v) is 5.90. The number of benzene rings is 1. The molecular weight excluding hydrogens is 370 g/mol. The maximum Gasteiger partial charge on any atom is 0.408 e. The van der Waals surface area contributed by atoms with Crippen molar-refractivity contribution >= 4 is 23.7 Å². The third kappa shape index (κ3) is 4.66. The highest BCUT2D eigenvalue weighted by Crippen LogP contribution is 2.10. The number of ether oxygens (including phenoxy) is 1. The summed E-state index contributed by atoms with van der Waals surface area (Å²) in [5.41, 5.74) is 0.763. The fourth-order valence-electron chi connectivity index (χ4n) is 2.53. The molecule has 12 nitrogen and oxygen atoms in total. The van der Waals surface area contributed by atoms with Crippen molar-refractivity contribution in [3.05, 3.63) is 41.7 Å². The van der Waals surface area contributed by atoms with E-state index >= 15 is 0 Å². The molecule has 0 saturated carbocycles. The molecule has 3 amide bonds. The number of tetrazole rings is 1. The fourth-order valence-corrected chi connectivity index (χ4v) is 2.53. The van der Waals surface area contributed by atoms with Crippen molar-refractivity contribution in [3.8, 4) is 0 Å². The number of carbonyl (C=O) groups excluding carboxylic acids is 4. The van der Waals surface area contributed by atoms with Crippen LogP contribution in [0.3, 0.4) is 0 Å². The Bertz CT molecular complexity index is 856. The van der Waals surface area contributed by atoms with Crippen LogP contribution in [0.1, 0.15) is 23.9 Å².